The molecule has 1 fully saturated rings. The van der Waals surface area contributed by atoms with E-state index in [9.17, 15) is 24.9 Å². The van der Waals surface area contributed by atoms with E-state index >= 15 is 0 Å². The number of hydrogen-bond donors (Lipinski definition) is 4. The van der Waals surface area contributed by atoms with Crippen LogP contribution < -0.4 is 14.8 Å². The van der Waals surface area contributed by atoms with Gasteiger partial charge >= 0.3 is 0 Å². The van der Waals surface area contributed by atoms with E-state index in [1.165, 1.54) is 7.11 Å². The van der Waals surface area contributed by atoms with Crippen LogP contribution in [0, 0.1) is 3.57 Å². The summed E-state index contributed by atoms with van der Waals surface area (Å²) in [6.45, 7) is 3.50. The minimum atomic E-state index is -1.09. The highest BCUT2D eigenvalue weighted by Crippen LogP contribution is 2.38. The minimum Gasteiger partial charge on any atom is -0.493 e. The molecule has 4 N–H and O–H groups in total. The van der Waals surface area contributed by atoms with Gasteiger partial charge in [-0.2, -0.15) is 0 Å². The van der Waals surface area contributed by atoms with Gasteiger partial charge in [0, 0.05) is 31.0 Å². The van der Waals surface area contributed by atoms with Crippen molar-refractivity contribution in [1.82, 2.24) is 10.2 Å². The van der Waals surface area contributed by atoms with Crippen molar-refractivity contribution < 1.29 is 34.4 Å². The van der Waals surface area contributed by atoms with E-state index in [0.29, 0.717) is 32.6 Å². The number of aliphatic hydroxyl groups excluding tert-OH is 3. The molecule has 0 bridgehead atoms. The molecule has 0 saturated heterocycles. The van der Waals surface area contributed by atoms with E-state index in [2.05, 4.69) is 34.5 Å². The molecule has 41 heavy (non-hydrogen) atoms. The average Bonchev–Trinajstić information content (AvgIpc) is 3.26. The van der Waals surface area contributed by atoms with Crippen LogP contribution >= 0.6 is 22.6 Å². The Balaban J connectivity index is 2.00. The lowest BCUT2D eigenvalue weighted by Crippen LogP contribution is -2.58. The fraction of sp³-hybridized carbons (Fsp3) is 0.613. The number of amides is 2. The predicted octanol–water partition coefficient (Wildman–Crippen LogP) is 4.01. The number of halogens is 1. The predicted molar refractivity (Wildman–Crippen MR) is 166 cm³/mol. The molecule has 0 aliphatic heterocycles. The lowest BCUT2D eigenvalue weighted by molar-refractivity contribution is -0.142. The number of nitrogens with zero attached hydrogens (tertiary/aromatic N) is 1. The van der Waals surface area contributed by atoms with Crippen LogP contribution in [0.1, 0.15) is 76.2 Å². The van der Waals surface area contributed by atoms with Crippen LogP contribution in [0.15, 0.2) is 36.4 Å². The van der Waals surface area contributed by atoms with Crippen molar-refractivity contribution in [1.29, 1.82) is 0 Å². The Bertz CT molecular complexity index is 1060. The molecular weight excluding hydrogens is 639 g/mol. The van der Waals surface area contributed by atoms with E-state index < -0.39 is 18.2 Å². The Hall–Kier alpha value is -2.15. The van der Waals surface area contributed by atoms with Gasteiger partial charge in [-0.1, -0.05) is 31.8 Å². The smallest absolute Gasteiger partial charge is 0.247 e. The number of rotatable bonds is 14. The monoisotopic (exact) mass is 684 g/mol. The van der Waals surface area contributed by atoms with Gasteiger partial charge in [0.15, 0.2) is 11.5 Å². The highest BCUT2D eigenvalue weighted by Gasteiger charge is 2.43. The van der Waals surface area contributed by atoms with Crippen LogP contribution in [0.4, 0.5) is 0 Å². The Labute approximate surface area is 257 Å². The molecule has 1 aromatic carbocycles. The number of ether oxygens (including phenoxy) is 2. The molecule has 1 saturated carbocycles. The average molecular weight is 685 g/mol. The van der Waals surface area contributed by atoms with Crippen LogP contribution in [-0.2, 0) is 16.2 Å². The van der Waals surface area contributed by atoms with Gasteiger partial charge in [-0.05, 0) is 78.5 Å². The minimum absolute atomic E-state index is 0.0137. The third-order valence-corrected chi connectivity index (χ3v) is 8.65. The van der Waals surface area contributed by atoms with Crippen molar-refractivity contribution >= 4 is 34.4 Å². The third-order valence-electron chi connectivity index (χ3n) is 7.85. The summed E-state index contributed by atoms with van der Waals surface area (Å²) < 4.78 is 12.6. The summed E-state index contributed by atoms with van der Waals surface area (Å²) in [6, 6.07) is 2.76. The molecule has 0 heterocycles. The number of benzene rings is 1. The van der Waals surface area contributed by atoms with Gasteiger partial charge in [0.1, 0.15) is 12.2 Å². The molecule has 3 atom stereocenters. The molecule has 0 radical (unpaired) electrons. The molecule has 228 valence electrons. The van der Waals surface area contributed by atoms with Crippen molar-refractivity contribution in [3.8, 4) is 11.5 Å². The third kappa shape index (κ3) is 9.17. The summed E-state index contributed by atoms with van der Waals surface area (Å²) in [4.78, 5) is 28.9. The quantitative estimate of drug-likeness (QED) is 0.101. The fourth-order valence-corrected chi connectivity index (χ4v) is 6.55. The lowest BCUT2D eigenvalue weighted by Gasteiger charge is -2.44. The molecule has 3 rings (SSSR count). The van der Waals surface area contributed by atoms with Crippen LogP contribution in [0.25, 0.3) is 0 Å². The van der Waals surface area contributed by atoms with Crippen molar-refractivity contribution in [3.63, 3.8) is 0 Å². The van der Waals surface area contributed by atoms with Crippen LogP contribution in [0.5, 0.6) is 11.5 Å². The summed E-state index contributed by atoms with van der Waals surface area (Å²) in [5.41, 5.74) is 1.06. The largest absolute Gasteiger partial charge is 0.493 e. The van der Waals surface area contributed by atoms with Crippen LogP contribution in [0.2, 0.25) is 0 Å². The molecular formula is C31H45IN2O7. The SMILES string of the molecule is C=CCCCCC(=O)N(C1CCCCCC1)C1CC(C(=O)NCCO)=CC(Oc2c(I)cc(CO)cc2OC)C1O. The zero-order chi connectivity index (χ0) is 29.8. The van der Waals surface area contributed by atoms with Gasteiger partial charge in [0.2, 0.25) is 11.8 Å². The van der Waals surface area contributed by atoms with Gasteiger partial charge < -0.3 is 35.0 Å². The second kappa shape index (κ2) is 17.1. The molecule has 0 spiro atoms. The number of allylic oxidation sites excluding steroid dienone is 1. The number of nitrogens with one attached hydrogen (secondary N) is 1. The zero-order valence-electron chi connectivity index (χ0n) is 24.0. The molecule has 2 amide bonds. The normalized spacial score (nSPS) is 21.4. The molecule has 0 aromatic heterocycles. The maximum atomic E-state index is 13.9. The Morgan fingerprint density at radius 2 is 1.90 bits per heavy atom. The van der Waals surface area contributed by atoms with Gasteiger partial charge in [0.25, 0.3) is 0 Å². The number of hydrogen-bond acceptors (Lipinski definition) is 7. The molecule has 1 aromatic rings. The van der Waals surface area contributed by atoms with Gasteiger partial charge in [0.05, 0.1) is 29.9 Å². The Morgan fingerprint density at radius 3 is 2.54 bits per heavy atom. The number of carbonyl (C=O) groups is 2. The lowest BCUT2D eigenvalue weighted by atomic mass is 9.86. The molecule has 2 aliphatic carbocycles. The van der Waals surface area contributed by atoms with Gasteiger partial charge in [-0.25, -0.2) is 0 Å². The number of methoxy groups -OCH3 is 1. The molecule has 2 aliphatic rings. The van der Waals surface area contributed by atoms with Crippen molar-refractivity contribution in [2.24, 2.45) is 0 Å². The van der Waals surface area contributed by atoms with Gasteiger partial charge in [-0.15, -0.1) is 6.58 Å². The standard InChI is InChI=1S/C31H45IN2O7/c1-3-4-5-10-13-28(37)34(23-11-8-6-7-9-12-23)25-18-22(31(39)33-14-15-35)19-26(29(25)38)41-30-24(32)16-21(20-36)17-27(30)40-2/h3,16-17,19,23,25-26,29,35-36,38H,1,4-15,18,20H2,2H3,(H,33,39). The molecule has 9 nitrogen and oxygen atoms in total. The maximum absolute atomic E-state index is 13.9. The topological polar surface area (TPSA) is 129 Å². The molecule has 3 unspecified atom stereocenters. The van der Waals surface area contributed by atoms with E-state index in [1.54, 1.807) is 18.2 Å². The highest BCUT2D eigenvalue weighted by atomic mass is 127. The van der Waals surface area contributed by atoms with Crippen molar-refractivity contribution in [2.45, 2.75) is 102 Å². The van der Waals surface area contributed by atoms with E-state index in [0.717, 1.165) is 57.8 Å². The summed E-state index contributed by atoms with van der Waals surface area (Å²) in [7, 11) is 1.50. The van der Waals surface area contributed by atoms with Crippen molar-refractivity contribution in [3.05, 3.63) is 45.6 Å². The van der Waals surface area contributed by atoms with Crippen molar-refractivity contribution in [2.75, 3.05) is 20.3 Å². The van der Waals surface area contributed by atoms with Crippen LogP contribution in [-0.4, -0.2) is 76.6 Å². The second-order valence-corrected chi connectivity index (χ2v) is 11.9. The number of unbranched alkanes of at least 4 members (excludes halogenated alkanes) is 2. The number of carbonyl (C=O) groups excluding carboxylic acids is 2. The Morgan fingerprint density at radius 1 is 1.17 bits per heavy atom. The van der Waals surface area contributed by atoms with Crippen LogP contribution in [0.3, 0.4) is 0 Å². The summed E-state index contributed by atoms with van der Waals surface area (Å²) in [6.07, 6.45) is 10.4. The fourth-order valence-electron chi connectivity index (χ4n) is 5.75. The number of aliphatic hydroxyl groups is 3. The maximum Gasteiger partial charge on any atom is 0.247 e. The first-order valence-corrected chi connectivity index (χ1v) is 15.8. The molecule has 10 heteroatoms. The summed E-state index contributed by atoms with van der Waals surface area (Å²) in [5.74, 6) is 0.410. The highest BCUT2D eigenvalue weighted by molar-refractivity contribution is 14.1. The second-order valence-electron chi connectivity index (χ2n) is 10.8. The summed E-state index contributed by atoms with van der Waals surface area (Å²) in [5, 5.41) is 33.4. The first kappa shape index (κ1) is 33.4. The zero-order valence-corrected chi connectivity index (χ0v) is 26.2. The van der Waals surface area contributed by atoms with Gasteiger partial charge in [-0.3, -0.25) is 9.59 Å². The van der Waals surface area contributed by atoms with E-state index in [1.807, 2.05) is 11.0 Å². The first-order valence-electron chi connectivity index (χ1n) is 14.7. The summed E-state index contributed by atoms with van der Waals surface area (Å²) >= 11 is 2.09. The Kier molecular flexibility index (Phi) is 13.9. The van der Waals surface area contributed by atoms with E-state index in [-0.39, 0.29) is 44.0 Å². The first-order chi connectivity index (χ1) is 19.8. The van der Waals surface area contributed by atoms with E-state index in [4.69, 9.17) is 9.47 Å².